The number of alkyl halides is 3. The summed E-state index contributed by atoms with van der Waals surface area (Å²) in [5.74, 6) is -1.58. The maximum atomic E-state index is 13.3. The van der Waals surface area contributed by atoms with E-state index in [-0.39, 0.29) is 22.0 Å². The summed E-state index contributed by atoms with van der Waals surface area (Å²) < 4.78 is 3.21. The second-order valence-electron chi connectivity index (χ2n) is 8.42. The number of hydrogen-bond donors (Lipinski definition) is 3. The number of para-hydroxylation sites is 1. The molecule has 0 aliphatic rings. The number of esters is 1. The lowest BCUT2D eigenvalue weighted by Gasteiger charge is -2.27. The minimum Gasteiger partial charge on any atom is -0.462 e. The van der Waals surface area contributed by atoms with Gasteiger partial charge in [-0.1, -0.05) is 89.4 Å². The van der Waals surface area contributed by atoms with E-state index in [1.807, 2.05) is 36.4 Å². The van der Waals surface area contributed by atoms with E-state index in [0.717, 1.165) is 22.1 Å². The zero-order valence-corrected chi connectivity index (χ0v) is 24.0. The van der Waals surface area contributed by atoms with E-state index in [0.29, 0.717) is 16.8 Å². The highest BCUT2D eigenvalue weighted by atomic mass is 35.6. The van der Waals surface area contributed by atoms with E-state index in [4.69, 9.17) is 39.5 Å². The topological polar surface area (TPSA) is 96.5 Å². The number of amides is 2. The molecule has 0 spiro atoms. The van der Waals surface area contributed by atoms with Crippen molar-refractivity contribution in [2.75, 3.05) is 17.2 Å². The maximum absolute atomic E-state index is 13.3. The second kappa shape index (κ2) is 12.3. The lowest BCUT2D eigenvalue weighted by Crippen LogP contribution is -2.49. The smallest absolute Gasteiger partial charge is 0.341 e. The quantitative estimate of drug-likeness (QED) is 0.113. The molecule has 0 bridgehead atoms. The Hall–Kier alpha value is -3.30. The van der Waals surface area contributed by atoms with Crippen molar-refractivity contribution in [3.05, 3.63) is 94.4 Å². The van der Waals surface area contributed by atoms with Crippen LogP contribution in [0.2, 0.25) is 0 Å². The molecule has 0 saturated carbocycles. The summed E-state index contributed by atoms with van der Waals surface area (Å²) in [7, 11) is 0. The minimum absolute atomic E-state index is 0.110. The molecule has 4 aromatic rings. The lowest BCUT2D eigenvalue weighted by molar-refractivity contribution is 0.0527. The van der Waals surface area contributed by atoms with E-state index in [9.17, 15) is 14.4 Å². The number of hydrogen-bond acceptors (Lipinski definition) is 6. The number of ether oxygens (including phenoxy) is 1. The van der Waals surface area contributed by atoms with Gasteiger partial charge < -0.3 is 20.7 Å². The van der Waals surface area contributed by atoms with E-state index >= 15 is 0 Å². The molecule has 202 valence electrons. The van der Waals surface area contributed by atoms with Crippen molar-refractivity contribution in [3.63, 3.8) is 0 Å². The first-order chi connectivity index (χ1) is 18.6. The number of thiophene rings is 1. The van der Waals surface area contributed by atoms with Gasteiger partial charge in [0, 0.05) is 11.3 Å². The molecule has 39 heavy (non-hydrogen) atoms. The second-order valence-corrected chi connectivity index (χ2v) is 11.8. The highest BCUT2D eigenvalue weighted by Crippen LogP contribution is 2.38. The summed E-state index contributed by atoms with van der Waals surface area (Å²) in [4.78, 5) is 39.6. The lowest BCUT2D eigenvalue weighted by atomic mass is 10.0. The van der Waals surface area contributed by atoms with Crippen LogP contribution in [-0.4, -0.2) is 34.3 Å². The first-order valence-corrected chi connectivity index (χ1v) is 13.8. The van der Waals surface area contributed by atoms with Crippen LogP contribution in [-0.2, 0) is 4.74 Å². The van der Waals surface area contributed by atoms with Crippen LogP contribution in [0.4, 0.5) is 10.7 Å². The van der Waals surface area contributed by atoms with Gasteiger partial charge >= 0.3 is 5.97 Å². The Balaban J connectivity index is 1.68. The van der Waals surface area contributed by atoms with E-state index in [1.165, 1.54) is 0 Å². The molecule has 1 heterocycles. The van der Waals surface area contributed by atoms with Gasteiger partial charge in [0.15, 0.2) is 0 Å². The van der Waals surface area contributed by atoms with Gasteiger partial charge in [0.2, 0.25) is 3.79 Å². The molecule has 1 atom stereocenters. The Labute approximate surface area is 244 Å². The molecule has 0 saturated heterocycles. The molecule has 0 aliphatic heterocycles. The Morgan fingerprint density at radius 1 is 0.923 bits per heavy atom. The monoisotopic (exact) mass is 603 g/mol. The predicted molar refractivity (Wildman–Crippen MR) is 159 cm³/mol. The van der Waals surface area contributed by atoms with Gasteiger partial charge in [-0.2, -0.15) is 0 Å². The fourth-order valence-corrected chi connectivity index (χ4v) is 5.40. The molecule has 3 N–H and O–H groups in total. The molecule has 3 aromatic carbocycles. The molecule has 0 fully saturated rings. The summed E-state index contributed by atoms with van der Waals surface area (Å²) in [6, 6.07) is 21.6. The third-order valence-electron chi connectivity index (χ3n) is 5.78. The van der Waals surface area contributed by atoms with Crippen molar-refractivity contribution < 1.29 is 19.1 Å². The standard InChI is InChI=1S/C28H24Cl3N3O4S/c1-3-38-26(37)21-16(2)22(24(36)32-18-12-5-4-6-13-18)39-25(21)34-27(28(29,30)31)33-23(35)20-15-9-11-17-10-7-8-14-19(17)20/h4-15,27,34H,3H2,1-2H3,(H,32,36)(H,33,35)/t27-/m0/s1. The first kappa shape index (κ1) is 28.7. The fourth-order valence-electron chi connectivity index (χ4n) is 3.95. The molecule has 0 unspecified atom stereocenters. The van der Waals surface area contributed by atoms with Crippen LogP contribution in [0, 0.1) is 6.92 Å². The molecule has 4 rings (SSSR count). The zero-order chi connectivity index (χ0) is 28.2. The Bertz CT molecular complexity index is 1510. The van der Waals surface area contributed by atoms with Crippen molar-refractivity contribution in [2.24, 2.45) is 0 Å². The van der Waals surface area contributed by atoms with Crippen molar-refractivity contribution in [1.29, 1.82) is 0 Å². The van der Waals surface area contributed by atoms with Crippen LogP contribution in [0.25, 0.3) is 10.8 Å². The van der Waals surface area contributed by atoms with Crippen LogP contribution < -0.4 is 16.0 Å². The Morgan fingerprint density at radius 3 is 2.28 bits per heavy atom. The number of anilines is 2. The minimum atomic E-state index is -2.03. The average molecular weight is 605 g/mol. The number of rotatable bonds is 8. The molecule has 0 radical (unpaired) electrons. The van der Waals surface area contributed by atoms with Gasteiger partial charge in [-0.05, 0) is 48.4 Å². The van der Waals surface area contributed by atoms with Crippen molar-refractivity contribution in [2.45, 2.75) is 23.8 Å². The molecule has 1 aromatic heterocycles. The number of benzene rings is 3. The third kappa shape index (κ3) is 6.65. The molecular weight excluding hydrogens is 581 g/mol. The van der Waals surface area contributed by atoms with Crippen molar-refractivity contribution in [1.82, 2.24) is 5.32 Å². The largest absolute Gasteiger partial charge is 0.462 e. The number of halogens is 3. The predicted octanol–water partition coefficient (Wildman–Crippen LogP) is 7.18. The number of fused-ring (bicyclic) bond motifs is 1. The van der Waals surface area contributed by atoms with Crippen LogP contribution in [0.15, 0.2) is 72.8 Å². The SMILES string of the molecule is CCOC(=O)c1c(N[C@H](NC(=O)c2cccc3ccccc23)C(Cl)(Cl)Cl)sc(C(=O)Nc2ccccc2)c1C. The first-order valence-electron chi connectivity index (χ1n) is 11.9. The van der Waals surface area contributed by atoms with E-state index in [2.05, 4.69) is 16.0 Å². The summed E-state index contributed by atoms with van der Waals surface area (Å²) in [6.45, 7) is 3.42. The summed E-state index contributed by atoms with van der Waals surface area (Å²) in [5.41, 5.74) is 1.46. The van der Waals surface area contributed by atoms with E-state index < -0.39 is 27.7 Å². The van der Waals surface area contributed by atoms with Gasteiger partial charge in [0.1, 0.15) is 11.2 Å². The van der Waals surface area contributed by atoms with Crippen molar-refractivity contribution in [3.8, 4) is 0 Å². The normalized spacial score (nSPS) is 12.0. The molecule has 11 heteroatoms. The molecule has 7 nitrogen and oxygen atoms in total. The van der Waals surface area contributed by atoms with E-state index in [1.54, 1.807) is 50.2 Å². The van der Waals surface area contributed by atoms with Crippen LogP contribution in [0.5, 0.6) is 0 Å². The molecule has 0 aliphatic carbocycles. The van der Waals surface area contributed by atoms with Crippen LogP contribution in [0.1, 0.15) is 42.9 Å². The van der Waals surface area contributed by atoms with Gasteiger partial charge in [0.25, 0.3) is 11.8 Å². The Morgan fingerprint density at radius 2 is 1.59 bits per heavy atom. The fraction of sp³-hybridized carbons (Fsp3) is 0.179. The highest BCUT2D eigenvalue weighted by molar-refractivity contribution is 7.18. The molecule has 2 amide bonds. The molecular formula is C28H24Cl3N3O4S. The van der Waals surface area contributed by atoms with Gasteiger partial charge in [-0.25, -0.2) is 4.79 Å². The van der Waals surface area contributed by atoms with Crippen LogP contribution in [0.3, 0.4) is 0 Å². The number of carbonyl (C=O) groups excluding carboxylic acids is 3. The summed E-state index contributed by atoms with van der Waals surface area (Å²) >= 11 is 19.8. The van der Waals surface area contributed by atoms with Gasteiger partial charge in [0.05, 0.1) is 17.0 Å². The van der Waals surface area contributed by atoms with Gasteiger partial charge in [-0.15, -0.1) is 11.3 Å². The Kier molecular flexibility index (Phi) is 9.02. The zero-order valence-electron chi connectivity index (χ0n) is 20.9. The average Bonchev–Trinajstić information content (AvgIpc) is 3.23. The van der Waals surface area contributed by atoms with Crippen molar-refractivity contribution >= 4 is 85.4 Å². The van der Waals surface area contributed by atoms with Crippen LogP contribution >= 0.6 is 46.1 Å². The summed E-state index contributed by atoms with van der Waals surface area (Å²) in [5, 5.41) is 10.3. The highest BCUT2D eigenvalue weighted by Gasteiger charge is 2.37. The third-order valence-corrected chi connectivity index (χ3v) is 7.65. The number of nitrogens with one attached hydrogen (secondary N) is 3. The van der Waals surface area contributed by atoms with Gasteiger partial charge in [-0.3, -0.25) is 9.59 Å². The number of carbonyl (C=O) groups is 3. The maximum Gasteiger partial charge on any atom is 0.341 e. The summed E-state index contributed by atoms with van der Waals surface area (Å²) in [6.07, 6.45) is -1.27.